The van der Waals surface area contributed by atoms with E-state index in [2.05, 4.69) is 4.72 Å². The third kappa shape index (κ3) is 3.59. The molecule has 21 heavy (non-hydrogen) atoms. The molecule has 1 aliphatic rings. The molecular formula is C14H19NO4S2. The zero-order chi connectivity index (χ0) is 15.6. The van der Waals surface area contributed by atoms with Crippen molar-refractivity contribution in [1.29, 1.82) is 0 Å². The number of hydrogen-bond donors (Lipinski definition) is 2. The van der Waals surface area contributed by atoms with Crippen LogP contribution in [0.5, 0.6) is 0 Å². The Morgan fingerprint density at radius 2 is 2.10 bits per heavy atom. The minimum Gasteiger partial charge on any atom is -0.478 e. The Hall–Kier alpha value is -1.05. The molecule has 1 aromatic carbocycles. The van der Waals surface area contributed by atoms with Gasteiger partial charge in [0.25, 0.3) is 0 Å². The summed E-state index contributed by atoms with van der Waals surface area (Å²) >= 11 is 1.67. The molecule has 116 valence electrons. The fourth-order valence-electron chi connectivity index (χ4n) is 2.63. The second-order valence-electron chi connectivity index (χ2n) is 5.22. The van der Waals surface area contributed by atoms with E-state index in [0.29, 0.717) is 5.56 Å². The van der Waals surface area contributed by atoms with Crippen LogP contribution >= 0.6 is 11.8 Å². The van der Waals surface area contributed by atoms with E-state index in [-0.39, 0.29) is 21.8 Å². The van der Waals surface area contributed by atoms with Crippen molar-refractivity contribution in [2.24, 2.45) is 0 Å². The van der Waals surface area contributed by atoms with Gasteiger partial charge in [-0.3, -0.25) is 0 Å². The summed E-state index contributed by atoms with van der Waals surface area (Å²) in [7, 11) is -3.70. The molecule has 0 bridgehead atoms. The second-order valence-corrected chi connectivity index (χ2v) is 7.98. The molecule has 1 aromatic rings. The van der Waals surface area contributed by atoms with Gasteiger partial charge in [0.05, 0.1) is 10.5 Å². The highest BCUT2D eigenvalue weighted by Crippen LogP contribution is 2.30. The number of aryl methyl sites for hydroxylation is 1. The first-order valence-corrected chi connectivity index (χ1v) is 9.51. The molecule has 1 saturated carbocycles. The predicted octanol–water partition coefficient (Wildman–Crippen LogP) is 2.26. The van der Waals surface area contributed by atoms with Crippen molar-refractivity contribution in [2.45, 2.75) is 42.4 Å². The van der Waals surface area contributed by atoms with E-state index in [0.717, 1.165) is 19.3 Å². The van der Waals surface area contributed by atoms with Crippen LogP contribution in [0.2, 0.25) is 0 Å². The zero-order valence-electron chi connectivity index (χ0n) is 12.0. The first-order valence-electron chi connectivity index (χ1n) is 6.74. The van der Waals surface area contributed by atoms with Crippen LogP contribution < -0.4 is 4.72 Å². The Labute approximate surface area is 129 Å². The van der Waals surface area contributed by atoms with Crippen LogP contribution in [-0.2, 0) is 10.0 Å². The van der Waals surface area contributed by atoms with E-state index in [1.54, 1.807) is 18.7 Å². The summed E-state index contributed by atoms with van der Waals surface area (Å²) in [4.78, 5) is 11.1. The van der Waals surface area contributed by atoms with E-state index in [4.69, 9.17) is 5.11 Å². The van der Waals surface area contributed by atoms with Gasteiger partial charge in [0.15, 0.2) is 0 Å². The number of carboxylic acid groups (broad SMARTS) is 1. The average molecular weight is 329 g/mol. The minimum atomic E-state index is -3.70. The molecule has 7 heteroatoms. The topological polar surface area (TPSA) is 83.5 Å². The van der Waals surface area contributed by atoms with Crippen LogP contribution in [0.25, 0.3) is 0 Å². The molecule has 2 atom stereocenters. The monoisotopic (exact) mass is 329 g/mol. The molecule has 0 saturated heterocycles. The molecule has 2 unspecified atom stereocenters. The van der Waals surface area contributed by atoms with E-state index in [9.17, 15) is 13.2 Å². The summed E-state index contributed by atoms with van der Waals surface area (Å²) in [5, 5.41) is 9.29. The maximum Gasteiger partial charge on any atom is 0.335 e. The van der Waals surface area contributed by atoms with Crippen molar-refractivity contribution in [3.05, 3.63) is 29.3 Å². The summed E-state index contributed by atoms with van der Waals surface area (Å²) in [5.41, 5.74) is 0.528. The molecule has 0 aromatic heterocycles. The van der Waals surface area contributed by atoms with Crippen molar-refractivity contribution in [3.8, 4) is 0 Å². The number of sulfonamides is 1. The van der Waals surface area contributed by atoms with Crippen molar-refractivity contribution in [1.82, 2.24) is 4.72 Å². The first-order chi connectivity index (χ1) is 9.85. The number of hydrogen-bond acceptors (Lipinski definition) is 4. The third-order valence-electron chi connectivity index (χ3n) is 3.79. The van der Waals surface area contributed by atoms with Gasteiger partial charge in [-0.2, -0.15) is 11.8 Å². The van der Waals surface area contributed by atoms with Crippen LogP contribution in [0, 0.1) is 6.92 Å². The SMILES string of the molecule is CSC1CCCC1NS(=O)(=O)c1cc(C(=O)O)ccc1C. The molecule has 0 aliphatic heterocycles. The molecule has 2 N–H and O–H groups in total. The minimum absolute atomic E-state index is 0.0196. The normalized spacial score (nSPS) is 22.4. The van der Waals surface area contributed by atoms with Crippen molar-refractivity contribution < 1.29 is 18.3 Å². The molecule has 2 rings (SSSR count). The Morgan fingerprint density at radius 1 is 1.38 bits per heavy atom. The molecule has 5 nitrogen and oxygen atoms in total. The predicted molar refractivity (Wildman–Crippen MR) is 83.4 cm³/mol. The highest BCUT2D eigenvalue weighted by molar-refractivity contribution is 7.99. The Balaban J connectivity index is 2.31. The Morgan fingerprint density at radius 3 is 2.71 bits per heavy atom. The number of nitrogens with one attached hydrogen (secondary N) is 1. The fraction of sp³-hybridized carbons (Fsp3) is 0.500. The highest BCUT2D eigenvalue weighted by atomic mass is 32.2. The molecule has 0 spiro atoms. The van der Waals surface area contributed by atoms with E-state index >= 15 is 0 Å². The van der Waals surface area contributed by atoms with E-state index in [1.165, 1.54) is 18.2 Å². The number of carboxylic acids is 1. The van der Waals surface area contributed by atoms with Crippen LogP contribution in [0.3, 0.4) is 0 Å². The van der Waals surface area contributed by atoms with Gasteiger partial charge in [0, 0.05) is 11.3 Å². The average Bonchev–Trinajstić information content (AvgIpc) is 2.85. The van der Waals surface area contributed by atoms with Gasteiger partial charge >= 0.3 is 5.97 Å². The van der Waals surface area contributed by atoms with Crippen molar-refractivity contribution in [2.75, 3.05) is 6.26 Å². The van der Waals surface area contributed by atoms with Gasteiger partial charge in [-0.15, -0.1) is 0 Å². The third-order valence-corrected chi connectivity index (χ3v) is 6.59. The van der Waals surface area contributed by atoms with Crippen LogP contribution in [-0.4, -0.2) is 37.0 Å². The maximum absolute atomic E-state index is 12.5. The number of aromatic carboxylic acids is 1. The maximum atomic E-state index is 12.5. The lowest BCUT2D eigenvalue weighted by Gasteiger charge is -2.20. The van der Waals surface area contributed by atoms with Crippen molar-refractivity contribution >= 4 is 27.8 Å². The summed E-state index contributed by atoms with van der Waals surface area (Å²) in [6, 6.07) is 4.08. The lowest BCUT2D eigenvalue weighted by molar-refractivity contribution is 0.0696. The Bertz CT molecular complexity index is 642. The quantitative estimate of drug-likeness (QED) is 0.866. The largest absolute Gasteiger partial charge is 0.478 e. The number of thioether (sulfide) groups is 1. The second kappa shape index (κ2) is 6.37. The number of rotatable bonds is 5. The summed E-state index contributed by atoms with van der Waals surface area (Å²) in [5.74, 6) is -1.13. The van der Waals surface area contributed by atoms with Gasteiger partial charge in [-0.25, -0.2) is 17.9 Å². The van der Waals surface area contributed by atoms with Crippen LogP contribution in [0.1, 0.15) is 35.2 Å². The van der Waals surface area contributed by atoms with Crippen molar-refractivity contribution in [3.63, 3.8) is 0 Å². The van der Waals surface area contributed by atoms with E-state index in [1.807, 2.05) is 6.26 Å². The first kappa shape index (κ1) is 16.3. The van der Waals surface area contributed by atoms with E-state index < -0.39 is 16.0 Å². The molecule has 0 radical (unpaired) electrons. The highest BCUT2D eigenvalue weighted by Gasteiger charge is 2.31. The van der Waals surface area contributed by atoms with Gasteiger partial charge in [-0.05, 0) is 43.7 Å². The molecular weight excluding hydrogens is 310 g/mol. The Kier molecular flexibility index (Phi) is 4.95. The molecule has 1 aliphatic carbocycles. The molecule has 0 heterocycles. The molecule has 1 fully saturated rings. The summed E-state index contributed by atoms with van der Waals surface area (Å²) < 4.78 is 27.8. The summed E-state index contributed by atoms with van der Waals surface area (Å²) in [6.45, 7) is 1.67. The zero-order valence-corrected chi connectivity index (χ0v) is 13.6. The molecule has 0 amide bonds. The summed E-state index contributed by atoms with van der Waals surface area (Å²) in [6.07, 6.45) is 4.81. The van der Waals surface area contributed by atoms with Gasteiger partial charge in [0.1, 0.15) is 0 Å². The smallest absolute Gasteiger partial charge is 0.335 e. The van der Waals surface area contributed by atoms with Gasteiger partial charge < -0.3 is 5.11 Å². The number of benzene rings is 1. The lowest BCUT2D eigenvalue weighted by atomic mass is 10.1. The standard InChI is InChI=1S/C14H19NO4S2/c1-9-6-7-10(14(16)17)8-13(9)21(18,19)15-11-4-3-5-12(11)20-2/h6-8,11-12,15H,3-5H2,1-2H3,(H,16,17). The van der Waals surface area contributed by atoms with Gasteiger partial charge in [0.2, 0.25) is 10.0 Å². The van der Waals surface area contributed by atoms with Gasteiger partial charge in [-0.1, -0.05) is 12.5 Å². The van der Waals surface area contributed by atoms with Crippen LogP contribution in [0.15, 0.2) is 23.1 Å². The number of carbonyl (C=O) groups is 1. The van der Waals surface area contributed by atoms with Crippen LogP contribution in [0.4, 0.5) is 0 Å². The fourth-order valence-corrected chi connectivity index (χ4v) is 5.23. The lowest BCUT2D eigenvalue weighted by Crippen LogP contribution is -2.38.